The van der Waals surface area contributed by atoms with E-state index in [1.54, 1.807) is 12.3 Å². The van der Waals surface area contributed by atoms with Crippen LogP contribution in [0.5, 0.6) is 0 Å². The molecule has 0 atom stereocenters. The zero-order valence-corrected chi connectivity index (χ0v) is 18.5. The second-order valence-corrected chi connectivity index (χ2v) is 7.55. The number of ether oxygens (including phenoxy) is 1. The van der Waals surface area contributed by atoms with Gasteiger partial charge in [-0.25, -0.2) is 4.79 Å². The minimum absolute atomic E-state index is 0.283. The Morgan fingerprint density at radius 3 is 2.64 bits per heavy atom. The normalized spacial score (nSPS) is 11.7. The maximum Gasteiger partial charge on any atom is 0.418 e. The number of amides is 1. The minimum Gasteiger partial charge on any atom is -0.467 e. The van der Waals surface area contributed by atoms with Crippen LogP contribution in [0, 0.1) is 13.8 Å². The number of carbonyl (C=O) groups is 2. The monoisotopic (exact) mass is 480 g/mol. The molecule has 0 saturated heterocycles. The van der Waals surface area contributed by atoms with Crippen molar-refractivity contribution in [2.75, 3.05) is 11.9 Å². The number of nitrogens with one attached hydrogen (secondary N) is 1. The summed E-state index contributed by atoms with van der Waals surface area (Å²) in [6.07, 6.45) is -0.442. The number of carbonyl (C=O) groups excluding carboxylic acids is 2. The maximum absolute atomic E-state index is 13.1. The molecule has 3 aromatic rings. The highest BCUT2D eigenvalue weighted by atomic mass is 35.5. The first-order valence-corrected chi connectivity index (χ1v) is 10.1. The van der Waals surface area contributed by atoms with Gasteiger partial charge < -0.3 is 19.0 Å². The molecule has 0 saturated carbocycles. The largest absolute Gasteiger partial charge is 0.467 e. The number of furan rings is 1. The van der Waals surface area contributed by atoms with Gasteiger partial charge in [-0.3, -0.25) is 4.79 Å². The third-order valence-electron chi connectivity index (χ3n) is 4.83. The molecule has 2 aromatic heterocycles. The Labute approximate surface area is 192 Å². The molecule has 6 nitrogen and oxygen atoms in total. The third-order valence-corrected chi connectivity index (χ3v) is 5.15. The van der Waals surface area contributed by atoms with Crippen LogP contribution >= 0.6 is 11.6 Å². The first kappa shape index (κ1) is 24.2. The topological polar surface area (TPSA) is 73.5 Å². The molecular weight excluding hydrogens is 461 g/mol. The van der Waals surface area contributed by atoms with Crippen molar-refractivity contribution in [2.24, 2.45) is 0 Å². The van der Waals surface area contributed by atoms with Crippen LogP contribution in [-0.2, 0) is 27.0 Å². The SMILES string of the molecule is Cc1cc(/C=C/C(=O)OCC(=O)Nc2c(Cl)cccc2C(F)(F)F)c(C)n1Cc1ccco1. The number of aromatic nitrogens is 1. The first-order chi connectivity index (χ1) is 15.6. The van der Waals surface area contributed by atoms with Crippen molar-refractivity contribution in [3.63, 3.8) is 0 Å². The molecule has 10 heteroatoms. The van der Waals surface area contributed by atoms with Crippen LogP contribution < -0.4 is 5.32 Å². The van der Waals surface area contributed by atoms with Crippen LogP contribution in [0.15, 0.2) is 53.2 Å². The van der Waals surface area contributed by atoms with Crippen molar-refractivity contribution in [2.45, 2.75) is 26.6 Å². The molecule has 0 radical (unpaired) electrons. The van der Waals surface area contributed by atoms with Gasteiger partial charge in [0, 0.05) is 17.5 Å². The smallest absolute Gasteiger partial charge is 0.418 e. The molecule has 2 heterocycles. The van der Waals surface area contributed by atoms with Gasteiger partial charge in [0.15, 0.2) is 6.61 Å². The van der Waals surface area contributed by atoms with Crippen molar-refractivity contribution in [1.29, 1.82) is 0 Å². The number of benzene rings is 1. The number of nitrogens with zero attached hydrogens (tertiary/aromatic N) is 1. The van der Waals surface area contributed by atoms with Gasteiger partial charge in [0.05, 0.1) is 29.1 Å². The number of alkyl halides is 3. The van der Waals surface area contributed by atoms with E-state index in [9.17, 15) is 22.8 Å². The second-order valence-electron chi connectivity index (χ2n) is 7.14. The summed E-state index contributed by atoms with van der Waals surface area (Å²) >= 11 is 5.79. The molecule has 3 rings (SSSR count). The molecule has 0 aliphatic rings. The predicted octanol–water partition coefficient (Wildman–Crippen LogP) is 5.61. The summed E-state index contributed by atoms with van der Waals surface area (Å²) in [7, 11) is 0. The van der Waals surface area contributed by atoms with Crippen LogP contribution in [0.3, 0.4) is 0 Å². The Balaban J connectivity index is 1.60. The fraction of sp³-hybridized carbons (Fsp3) is 0.217. The molecule has 0 aliphatic heterocycles. The molecule has 0 bridgehead atoms. The van der Waals surface area contributed by atoms with Gasteiger partial charge in [-0.15, -0.1) is 0 Å². The van der Waals surface area contributed by atoms with Gasteiger partial charge in [-0.2, -0.15) is 13.2 Å². The molecule has 1 amide bonds. The Morgan fingerprint density at radius 2 is 1.97 bits per heavy atom. The van der Waals surface area contributed by atoms with Gasteiger partial charge in [0.25, 0.3) is 5.91 Å². The lowest BCUT2D eigenvalue weighted by molar-refractivity contribution is -0.142. The zero-order chi connectivity index (χ0) is 24.2. The Morgan fingerprint density at radius 1 is 1.21 bits per heavy atom. The second kappa shape index (κ2) is 9.99. The van der Waals surface area contributed by atoms with E-state index < -0.39 is 35.9 Å². The van der Waals surface area contributed by atoms with Crippen molar-refractivity contribution in [3.8, 4) is 0 Å². The average molecular weight is 481 g/mol. The Bertz CT molecular complexity index is 1180. The quantitative estimate of drug-likeness (QED) is 0.352. The zero-order valence-electron chi connectivity index (χ0n) is 17.7. The number of rotatable bonds is 7. The molecule has 33 heavy (non-hydrogen) atoms. The molecular formula is C23H20ClF3N2O4. The lowest BCUT2D eigenvalue weighted by atomic mass is 10.1. The summed E-state index contributed by atoms with van der Waals surface area (Å²) in [5, 5.41) is 1.77. The summed E-state index contributed by atoms with van der Waals surface area (Å²) in [5.74, 6) is -0.992. The van der Waals surface area contributed by atoms with Gasteiger partial charge in [-0.05, 0) is 55.8 Å². The summed E-state index contributed by atoms with van der Waals surface area (Å²) in [5.41, 5.74) is 0.929. The van der Waals surface area contributed by atoms with Gasteiger partial charge in [0.2, 0.25) is 0 Å². The average Bonchev–Trinajstić information content (AvgIpc) is 3.35. The lowest BCUT2D eigenvalue weighted by Crippen LogP contribution is -2.22. The van der Waals surface area contributed by atoms with E-state index in [-0.39, 0.29) is 5.02 Å². The van der Waals surface area contributed by atoms with Crippen molar-refractivity contribution < 1.29 is 31.9 Å². The summed E-state index contributed by atoms with van der Waals surface area (Å²) in [6.45, 7) is 3.56. The fourth-order valence-corrected chi connectivity index (χ4v) is 3.43. The van der Waals surface area contributed by atoms with Crippen LogP contribution in [0.25, 0.3) is 6.08 Å². The molecule has 1 N–H and O–H groups in total. The summed E-state index contributed by atoms with van der Waals surface area (Å²) in [6, 6.07) is 8.66. The summed E-state index contributed by atoms with van der Waals surface area (Å²) < 4.78 is 51.6. The number of aryl methyl sites for hydroxylation is 1. The van der Waals surface area contributed by atoms with Gasteiger partial charge in [0.1, 0.15) is 5.76 Å². The van der Waals surface area contributed by atoms with E-state index in [2.05, 4.69) is 5.32 Å². The fourth-order valence-electron chi connectivity index (χ4n) is 3.20. The number of hydrogen-bond acceptors (Lipinski definition) is 4. The Kier molecular flexibility index (Phi) is 7.33. The minimum atomic E-state index is -4.71. The highest BCUT2D eigenvalue weighted by molar-refractivity contribution is 6.34. The maximum atomic E-state index is 13.1. The number of hydrogen-bond donors (Lipinski definition) is 1. The van der Waals surface area contributed by atoms with Crippen molar-refractivity contribution >= 4 is 35.2 Å². The standard InChI is InChI=1S/C23H20ClF3N2O4/c1-14-11-16(15(2)29(14)12-17-5-4-10-32-17)8-9-21(31)33-13-20(30)28-22-18(23(25,26)27)6-3-7-19(22)24/h3-11H,12-13H2,1-2H3,(H,28,30)/b9-8+. The summed E-state index contributed by atoms with van der Waals surface area (Å²) in [4.78, 5) is 24.0. The van der Waals surface area contributed by atoms with Crippen LogP contribution in [-0.4, -0.2) is 23.1 Å². The van der Waals surface area contributed by atoms with Crippen LogP contribution in [0.2, 0.25) is 5.02 Å². The Hall–Kier alpha value is -3.46. The third kappa shape index (κ3) is 6.07. The first-order valence-electron chi connectivity index (χ1n) is 9.75. The number of halogens is 4. The van der Waals surface area contributed by atoms with Gasteiger partial charge >= 0.3 is 12.1 Å². The van der Waals surface area contributed by atoms with E-state index in [0.29, 0.717) is 6.54 Å². The number of esters is 1. The van der Waals surface area contributed by atoms with E-state index in [4.69, 9.17) is 20.8 Å². The molecule has 174 valence electrons. The van der Waals surface area contributed by atoms with Gasteiger partial charge in [-0.1, -0.05) is 17.7 Å². The van der Waals surface area contributed by atoms with Crippen molar-refractivity contribution in [1.82, 2.24) is 4.57 Å². The van der Waals surface area contributed by atoms with E-state index in [1.165, 1.54) is 12.1 Å². The molecule has 0 spiro atoms. The van der Waals surface area contributed by atoms with E-state index in [1.807, 2.05) is 30.5 Å². The molecule has 0 aliphatic carbocycles. The van der Waals surface area contributed by atoms with Crippen LogP contribution in [0.4, 0.5) is 18.9 Å². The molecule has 0 fully saturated rings. The number of para-hydroxylation sites is 1. The molecule has 0 unspecified atom stereocenters. The molecule has 1 aromatic carbocycles. The highest BCUT2D eigenvalue weighted by Gasteiger charge is 2.34. The van der Waals surface area contributed by atoms with E-state index in [0.717, 1.165) is 40.9 Å². The van der Waals surface area contributed by atoms with E-state index >= 15 is 0 Å². The lowest BCUT2D eigenvalue weighted by Gasteiger charge is -2.15. The highest BCUT2D eigenvalue weighted by Crippen LogP contribution is 2.38. The van der Waals surface area contributed by atoms with Crippen molar-refractivity contribution in [3.05, 3.63) is 82.0 Å². The predicted molar refractivity (Wildman–Crippen MR) is 117 cm³/mol. The van der Waals surface area contributed by atoms with Crippen LogP contribution in [0.1, 0.15) is 28.3 Å². The number of anilines is 1.